The van der Waals surface area contributed by atoms with Crippen molar-refractivity contribution in [1.82, 2.24) is 0 Å². The third-order valence-corrected chi connectivity index (χ3v) is 5.08. The molecule has 2 aliphatic rings. The second kappa shape index (κ2) is 5.02. The van der Waals surface area contributed by atoms with E-state index in [1.54, 1.807) is 0 Å². The molecule has 2 aliphatic carbocycles. The van der Waals surface area contributed by atoms with E-state index in [4.69, 9.17) is 0 Å². The standard InChI is InChI=1S/C15H24O4/c1-8-4-5-11-9(2)6-12(17)15(19,10(3)7-16)13(11)14(8)18/h4,9,11-14,16-19H,3,5-7H2,1-2H3/t9-,11+,12+,13+,14+,15+/m1/s1. The molecule has 4 N–H and O–H groups in total. The highest BCUT2D eigenvalue weighted by Gasteiger charge is 2.57. The molecule has 0 heterocycles. The quantitative estimate of drug-likeness (QED) is 0.553. The first-order valence-corrected chi connectivity index (χ1v) is 6.88. The molecular weight excluding hydrogens is 244 g/mol. The van der Waals surface area contributed by atoms with Gasteiger partial charge in [0.25, 0.3) is 0 Å². The molecule has 0 saturated heterocycles. The molecule has 6 atom stereocenters. The van der Waals surface area contributed by atoms with Crippen molar-refractivity contribution in [1.29, 1.82) is 0 Å². The van der Waals surface area contributed by atoms with Crippen LogP contribution in [-0.4, -0.2) is 44.8 Å². The van der Waals surface area contributed by atoms with Gasteiger partial charge in [-0.05, 0) is 42.7 Å². The van der Waals surface area contributed by atoms with Gasteiger partial charge in [0.1, 0.15) is 5.60 Å². The zero-order chi connectivity index (χ0) is 14.4. The van der Waals surface area contributed by atoms with Gasteiger partial charge in [-0.3, -0.25) is 0 Å². The molecule has 2 rings (SSSR count). The van der Waals surface area contributed by atoms with E-state index >= 15 is 0 Å². The third kappa shape index (κ3) is 2.07. The maximum Gasteiger partial charge on any atom is 0.119 e. The Bertz CT molecular complexity index is 403. The lowest BCUT2D eigenvalue weighted by molar-refractivity contribution is -0.174. The van der Waals surface area contributed by atoms with E-state index in [-0.39, 0.29) is 24.0 Å². The van der Waals surface area contributed by atoms with Gasteiger partial charge in [0.2, 0.25) is 0 Å². The Morgan fingerprint density at radius 1 is 1.47 bits per heavy atom. The molecule has 1 fully saturated rings. The molecular formula is C15H24O4. The van der Waals surface area contributed by atoms with Crippen LogP contribution < -0.4 is 0 Å². The second-order valence-corrected chi connectivity index (χ2v) is 6.13. The zero-order valence-corrected chi connectivity index (χ0v) is 11.6. The molecule has 108 valence electrons. The molecule has 0 aromatic carbocycles. The predicted molar refractivity (Wildman–Crippen MR) is 72.3 cm³/mol. The van der Waals surface area contributed by atoms with Crippen LogP contribution in [0.2, 0.25) is 0 Å². The monoisotopic (exact) mass is 268 g/mol. The van der Waals surface area contributed by atoms with Gasteiger partial charge in [0, 0.05) is 5.92 Å². The number of rotatable bonds is 2. The molecule has 0 aliphatic heterocycles. The largest absolute Gasteiger partial charge is 0.392 e. The van der Waals surface area contributed by atoms with Gasteiger partial charge >= 0.3 is 0 Å². The summed E-state index contributed by atoms with van der Waals surface area (Å²) in [5.74, 6) is -0.197. The highest BCUT2D eigenvalue weighted by molar-refractivity contribution is 5.28. The highest BCUT2D eigenvalue weighted by atomic mass is 16.3. The van der Waals surface area contributed by atoms with Crippen LogP contribution in [0.1, 0.15) is 26.7 Å². The van der Waals surface area contributed by atoms with E-state index in [9.17, 15) is 20.4 Å². The molecule has 0 unspecified atom stereocenters. The molecule has 0 radical (unpaired) electrons. The van der Waals surface area contributed by atoms with Crippen molar-refractivity contribution in [2.24, 2.45) is 17.8 Å². The molecule has 19 heavy (non-hydrogen) atoms. The Morgan fingerprint density at radius 3 is 2.68 bits per heavy atom. The summed E-state index contributed by atoms with van der Waals surface area (Å²) in [5, 5.41) is 40.9. The van der Waals surface area contributed by atoms with E-state index in [0.29, 0.717) is 6.42 Å². The van der Waals surface area contributed by atoms with E-state index in [2.05, 4.69) is 6.58 Å². The lowest BCUT2D eigenvalue weighted by atomic mass is 9.56. The normalized spacial score (nSPS) is 46.4. The average Bonchev–Trinajstić information content (AvgIpc) is 2.38. The van der Waals surface area contributed by atoms with Gasteiger partial charge in [-0.2, -0.15) is 0 Å². The van der Waals surface area contributed by atoms with Crippen molar-refractivity contribution in [2.75, 3.05) is 6.61 Å². The molecule has 1 saturated carbocycles. The van der Waals surface area contributed by atoms with Crippen molar-refractivity contribution < 1.29 is 20.4 Å². The van der Waals surface area contributed by atoms with Gasteiger partial charge < -0.3 is 20.4 Å². The smallest absolute Gasteiger partial charge is 0.119 e. The van der Waals surface area contributed by atoms with Crippen LogP contribution in [0.3, 0.4) is 0 Å². The van der Waals surface area contributed by atoms with Gasteiger partial charge in [-0.1, -0.05) is 19.6 Å². The minimum absolute atomic E-state index is 0.0930. The summed E-state index contributed by atoms with van der Waals surface area (Å²) in [4.78, 5) is 0. The van der Waals surface area contributed by atoms with Crippen LogP contribution in [0.4, 0.5) is 0 Å². The first kappa shape index (κ1) is 14.7. The van der Waals surface area contributed by atoms with Crippen LogP contribution >= 0.6 is 0 Å². The van der Waals surface area contributed by atoms with E-state index in [1.165, 1.54) is 0 Å². The molecule has 0 amide bonds. The first-order chi connectivity index (χ1) is 8.83. The maximum atomic E-state index is 10.9. The van der Waals surface area contributed by atoms with E-state index in [1.807, 2.05) is 19.9 Å². The molecule has 4 nitrogen and oxygen atoms in total. The summed E-state index contributed by atoms with van der Waals surface area (Å²) in [6, 6.07) is 0. The van der Waals surface area contributed by atoms with Crippen molar-refractivity contribution in [2.45, 2.75) is 44.5 Å². The number of aliphatic hydroxyl groups excluding tert-OH is 3. The molecule has 4 heteroatoms. The number of hydrogen-bond donors (Lipinski definition) is 4. The van der Waals surface area contributed by atoms with Crippen LogP contribution in [-0.2, 0) is 0 Å². The summed E-state index contributed by atoms with van der Waals surface area (Å²) < 4.78 is 0. The van der Waals surface area contributed by atoms with E-state index < -0.39 is 23.7 Å². The summed E-state index contributed by atoms with van der Waals surface area (Å²) in [5.41, 5.74) is -0.608. The fourth-order valence-electron chi connectivity index (χ4n) is 3.79. The Labute approximate surface area is 114 Å². The maximum absolute atomic E-state index is 10.9. The van der Waals surface area contributed by atoms with Crippen molar-refractivity contribution in [3.8, 4) is 0 Å². The Kier molecular flexibility index (Phi) is 3.89. The van der Waals surface area contributed by atoms with Crippen LogP contribution in [0.5, 0.6) is 0 Å². The van der Waals surface area contributed by atoms with Gasteiger partial charge in [0.15, 0.2) is 0 Å². The Hall–Kier alpha value is -0.680. The van der Waals surface area contributed by atoms with Gasteiger partial charge in [-0.15, -0.1) is 0 Å². The van der Waals surface area contributed by atoms with Crippen LogP contribution in [0, 0.1) is 17.8 Å². The number of aliphatic hydroxyl groups is 4. The predicted octanol–water partition coefficient (Wildman–Crippen LogP) is 0.610. The molecule has 0 bridgehead atoms. The highest BCUT2D eigenvalue weighted by Crippen LogP contribution is 2.50. The van der Waals surface area contributed by atoms with Crippen LogP contribution in [0.15, 0.2) is 23.8 Å². The van der Waals surface area contributed by atoms with Gasteiger partial charge in [0.05, 0.1) is 18.8 Å². The Balaban J connectivity index is 2.47. The minimum Gasteiger partial charge on any atom is -0.392 e. The topological polar surface area (TPSA) is 80.9 Å². The van der Waals surface area contributed by atoms with Crippen molar-refractivity contribution in [3.05, 3.63) is 23.8 Å². The lowest BCUT2D eigenvalue weighted by Gasteiger charge is -2.54. The molecule has 0 aromatic rings. The average molecular weight is 268 g/mol. The number of allylic oxidation sites excluding steroid dienone is 1. The summed E-state index contributed by atoms with van der Waals surface area (Å²) in [6.45, 7) is 7.17. The molecule has 0 spiro atoms. The lowest BCUT2D eigenvalue weighted by Crippen LogP contribution is -2.62. The summed E-state index contributed by atoms with van der Waals surface area (Å²) >= 11 is 0. The van der Waals surface area contributed by atoms with Crippen molar-refractivity contribution >= 4 is 0 Å². The first-order valence-electron chi connectivity index (χ1n) is 6.88. The van der Waals surface area contributed by atoms with E-state index in [0.717, 1.165) is 12.0 Å². The molecule has 0 aromatic heterocycles. The van der Waals surface area contributed by atoms with Crippen LogP contribution in [0.25, 0.3) is 0 Å². The zero-order valence-electron chi connectivity index (χ0n) is 11.6. The second-order valence-electron chi connectivity index (χ2n) is 6.13. The summed E-state index contributed by atoms with van der Waals surface area (Å²) in [7, 11) is 0. The minimum atomic E-state index is -1.61. The van der Waals surface area contributed by atoms with Crippen molar-refractivity contribution in [3.63, 3.8) is 0 Å². The number of fused-ring (bicyclic) bond motifs is 1. The summed E-state index contributed by atoms with van der Waals surface area (Å²) in [6.07, 6.45) is 1.44. The fourth-order valence-corrected chi connectivity index (χ4v) is 3.79. The van der Waals surface area contributed by atoms with Gasteiger partial charge in [-0.25, -0.2) is 0 Å². The fraction of sp³-hybridized carbons (Fsp3) is 0.733. The number of hydrogen-bond acceptors (Lipinski definition) is 4. The Morgan fingerprint density at radius 2 is 2.11 bits per heavy atom. The third-order valence-electron chi connectivity index (χ3n) is 5.08. The SMILES string of the molecule is C=C(CO)[C@@]1(O)[C@H]2[C@@H](CC=C(C)[C@@H]2O)[C@H](C)C[C@@H]1O.